The number of carbonyl (C=O) groups excluding carboxylic acids is 2. The Hall–Kier alpha value is -2.01. The Bertz CT molecular complexity index is 803. The van der Waals surface area contributed by atoms with Gasteiger partial charge in [-0.2, -0.15) is 0 Å². The van der Waals surface area contributed by atoms with Gasteiger partial charge in [-0.25, -0.2) is 4.79 Å². The van der Waals surface area contributed by atoms with Crippen LogP contribution in [0.3, 0.4) is 0 Å². The summed E-state index contributed by atoms with van der Waals surface area (Å²) >= 11 is 2.02. The molecule has 3 rings (SSSR count). The fourth-order valence-electron chi connectivity index (χ4n) is 2.95. The highest BCUT2D eigenvalue weighted by Crippen LogP contribution is 2.25. The zero-order chi connectivity index (χ0) is 20.1. The summed E-state index contributed by atoms with van der Waals surface area (Å²) < 4.78 is 11.4. The molecule has 0 bridgehead atoms. The number of alkyl halides is 1. The van der Waals surface area contributed by atoms with Crippen molar-refractivity contribution in [1.82, 2.24) is 5.32 Å². The molecule has 0 radical (unpaired) electrons. The molecule has 8 heteroatoms. The second-order valence-electron chi connectivity index (χ2n) is 6.31. The lowest BCUT2D eigenvalue weighted by atomic mass is 9.97. The van der Waals surface area contributed by atoms with Gasteiger partial charge in [0.05, 0.1) is 5.56 Å². The topological polar surface area (TPSA) is 105 Å². The SMILES string of the molecule is O=C(N[C@@H]1[C@@H](O)[C@H](OC(=O)c2ccccc2)[C@@H](CI)O[C@@H]1O)c1ccccc1. The number of halogens is 1. The number of amides is 1. The number of esters is 1. The van der Waals surface area contributed by atoms with Crippen LogP contribution in [0, 0.1) is 0 Å². The number of aliphatic hydroxyl groups excluding tert-OH is 2. The largest absolute Gasteiger partial charge is 0.453 e. The third-order valence-electron chi connectivity index (χ3n) is 4.43. The van der Waals surface area contributed by atoms with E-state index in [0.29, 0.717) is 15.6 Å². The maximum Gasteiger partial charge on any atom is 0.338 e. The molecule has 1 fully saturated rings. The molecular weight excluding hydrogens is 477 g/mol. The molecule has 1 saturated heterocycles. The van der Waals surface area contributed by atoms with Crippen LogP contribution in [-0.2, 0) is 9.47 Å². The standard InChI is InChI=1S/C20H20INO6/c21-11-14-17(28-19(25)13-9-5-2-6-10-13)16(23)15(20(26)27-14)22-18(24)12-7-3-1-4-8-12/h1-10,14-17,20,23,26H,11H2,(H,22,24)/t14-,15-,16-,17-,20+/m1/s1. The highest BCUT2D eigenvalue weighted by atomic mass is 127. The van der Waals surface area contributed by atoms with Crippen molar-refractivity contribution in [2.75, 3.05) is 4.43 Å². The summed E-state index contributed by atoms with van der Waals surface area (Å²) in [7, 11) is 0. The Kier molecular flexibility index (Phi) is 7.00. The third-order valence-corrected chi connectivity index (χ3v) is 5.30. The van der Waals surface area contributed by atoms with E-state index in [2.05, 4.69) is 5.32 Å². The molecule has 1 amide bonds. The number of hydrogen-bond donors (Lipinski definition) is 3. The van der Waals surface area contributed by atoms with E-state index in [1.807, 2.05) is 22.6 Å². The van der Waals surface area contributed by atoms with E-state index >= 15 is 0 Å². The van der Waals surface area contributed by atoms with E-state index in [0.717, 1.165) is 0 Å². The molecule has 1 aliphatic rings. The van der Waals surface area contributed by atoms with Gasteiger partial charge in [-0.3, -0.25) is 4.79 Å². The monoisotopic (exact) mass is 497 g/mol. The average Bonchev–Trinajstić information content (AvgIpc) is 2.73. The highest BCUT2D eigenvalue weighted by Gasteiger charge is 2.47. The van der Waals surface area contributed by atoms with Gasteiger partial charge in [-0.1, -0.05) is 59.0 Å². The number of aliphatic hydroxyl groups is 2. The first-order valence-electron chi connectivity index (χ1n) is 8.70. The maximum absolute atomic E-state index is 12.4. The molecule has 0 spiro atoms. The predicted molar refractivity (Wildman–Crippen MR) is 109 cm³/mol. The Balaban J connectivity index is 1.75. The molecule has 2 aromatic rings. The second kappa shape index (κ2) is 9.46. The molecule has 28 heavy (non-hydrogen) atoms. The summed E-state index contributed by atoms with van der Waals surface area (Å²) in [5.74, 6) is -1.10. The van der Waals surface area contributed by atoms with Crippen molar-refractivity contribution in [3.8, 4) is 0 Å². The van der Waals surface area contributed by atoms with E-state index in [1.165, 1.54) is 0 Å². The van der Waals surface area contributed by atoms with Crippen molar-refractivity contribution in [2.24, 2.45) is 0 Å². The summed E-state index contributed by atoms with van der Waals surface area (Å²) in [6.45, 7) is 0. The molecule has 2 aromatic carbocycles. The minimum absolute atomic E-state index is 0.331. The fourth-order valence-corrected chi connectivity index (χ4v) is 3.66. The average molecular weight is 497 g/mol. The summed E-state index contributed by atoms with van der Waals surface area (Å²) in [5, 5.41) is 23.6. The van der Waals surface area contributed by atoms with Crippen LogP contribution >= 0.6 is 22.6 Å². The van der Waals surface area contributed by atoms with Crippen LogP contribution in [0.4, 0.5) is 0 Å². The van der Waals surface area contributed by atoms with E-state index in [1.54, 1.807) is 60.7 Å². The number of hydrogen-bond acceptors (Lipinski definition) is 6. The van der Waals surface area contributed by atoms with Gasteiger partial charge in [0, 0.05) is 9.99 Å². The zero-order valence-electron chi connectivity index (χ0n) is 14.8. The lowest BCUT2D eigenvalue weighted by Crippen LogP contribution is -2.64. The Morgan fingerprint density at radius 2 is 1.57 bits per heavy atom. The Labute approximate surface area is 175 Å². The lowest BCUT2D eigenvalue weighted by Gasteiger charge is -2.42. The molecule has 1 heterocycles. The molecule has 7 nitrogen and oxygen atoms in total. The maximum atomic E-state index is 12.4. The van der Waals surface area contributed by atoms with Crippen LogP contribution in [0.25, 0.3) is 0 Å². The van der Waals surface area contributed by atoms with E-state index < -0.39 is 42.5 Å². The van der Waals surface area contributed by atoms with Crippen molar-refractivity contribution in [2.45, 2.75) is 30.6 Å². The fraction of sp³-hybridized carbons (Fsp3) is 0.300. The minimum Gasteiger partial charge on any atom is -0.453 e. The van der Waals surface area contributed by atoms with Crippen LogP contribution in [0.15, 0.2) is 60.7 Å². The molecule has 0 aromatic heterocycles. The van der Waals surface area contributed by atoms with Gasteiger partial charge in [-0.15, -0.1) is 0 Å². The molecule has 3 N–H and O–H groups in total. The van der Waals surface area contributed by atoms with Crippen molar-refractivity contribution in [3.63, 3.8) is 0 Å². The number of carbonyl (C=O) groups is 2. The van der Waals surface area contributed by atoms with Crippen LogP contribution < -0.4 is 5.32 Å². The minimum atomic E-state index is -1.44. The first-order valence-corrected chi connectivity index (χ1v) is 10.2. The zero-order valence-corrected chi connectivity index (χ0v) is 16.9. The smallest absolute Gasteiger partial charge is 0.338 e. The van der Waals surface area contributed by atoms with Gasteiger partial charge in [0.25, 0.3) is 5.91 Å². The van der Waals surface area contributed by atoms with Crippen LogP contribution in [0.1, 0.15) is 20.7 Å². The Morgan fingerprint density at radius 1 is 1.00 bits per heavy atom. The lowest BCUT2D eigenvalue weighted by molar-refractivity contribution is -0.238. The first-order chi connectivity index (χ1) is 13.5. The summed E-state index contributed by atoms with van der Waals surface area (Å²) in [5.41, 5.74) is 0.702. The number of benzene rings is 2. The first kappa shape index (κ1) is 20.7. The molecule has 0 aliphatic carbocycles. The Morgan fingerprint density at radius 3 is 2.14 bits per heavy atom. The van der Waals surface area contributed by atoms with E-state index in [4.69, 9.17) is 9.47 Å². The van der Waals surface area contributed by atoms with Gasteiger partial charge in [0.1, 0.15) is 18.2 Å². The van der Waals surface area contributed by atoms with Gasteiger partial charge < -0.3 is 25.0 Å². The van der Waals surface area contributed by atoms with Gasteiger partial charge in [-0.05, 0) is 24.3 Å². The molecule has 148 valence electrons. The van der Waals surface area contributed by atoms with Gasteiger partial charge in [0.15, 0.2) is 12.4 Å². The number of rotatable bonds is 5. The number of ether oxygens (including phenoxy) is 2. The van der Waals surface area contributed by atoms with Crippen molar-refractivity contribution in [3.05, 3.63) is 71.8 Å². The third kappa shape index (κ3) is 4.69. The molecule has 0 saturated carbocycles. The molecule has 5 atom stereocenters. The van der Waals surface area contributed by atoms with Crippen molar-refractivity contribution in [1.29, 1.82) is 0 Å². The summed E-state index contributed by atoms with van der Waals surface area (Å²) in [6, 6.07) is 15.6. The highest BCUT2D eigenvalue weighted by molar-refractivity contribution is 14.1. The quantitative estimate of drug-likeness (QED) is 0.329. The molecule has 1 aliphatic heterocycles. The van der Waals surface area contributed by atoms with Gasteiger partial charge >= 0.3 is 5.97 Å². The van der Waals surface area contributed by atoms with Crippen LogP contribution in [-0.4, -0.2) is 57.2 Å². The molecular formula is C20H20INO6. The van der Waals surface area contributed by atoms with E-state index in [9.17, 15) is 19.8 Å². The van der Waals surface area contributed by atoms with Crippen molar-refractivity contribution < 1.29 is 29.3 Å². The van der Waals surface area contributed by atoms with Crippen LogP contribution in [0.5, 0.6) is 0 Å². The predicted octanol–water partition coefficient (Wildman–Crippen LogP) is 1.52. The summed E-state index contributed by atoms with van der Waals surface area (Å²) in [4.78, 5) is 24.8. The van der Waals surface area contributed by atoms with Gasteiger partial charge in [0.2, 0.25) is 0 Å². The molecule has 0 unspecified atom stereocenters. The van der Waals surface area contributed by atoms with E-state index in [-0.39, 0.29) is 0 Å². The summed E-state index contributed by atoms with van der Waals surface area (Å²) in [6.07, 6.45) is -4.55. The number of nitrogens with one attached hydrogen (secondary N) is 1. The normalized spacial score (nSPS) is 27.0. The van der Waals surface area contributed by atoms with Crippen molar-refractivity contribution >= 4 is 34.5 Å². The van der Waals surface area contributed by atoms with Crippen LogP contribution in [0.2, 0.25) is 0 Å². The second-order valence-corrected chi connectivity index (χ2v) is 7.19.